The predicted molar refractivity (Wildman–Crippen MR) is 154 cm³/mol. The molecule has 3 aromatic heterocycles. The zero-order chi connectivity index (χ0) is 28.1. The molecule has 6 aromatic rings. The average Bonchev–Trinajstić information content (AvgIpc) is 3.67. The van der Waals surface area contributed by atoms with Crippen LogP contribution in [-0.2, 0) is 28.2 Å². The van der Waals surface area contributed by atoms with Gasteiger partial charge in [0.15, 0.2) is 11.5 Å². The molecule has 8 heteroatoms. The molecule has 0 aliphatic rings. The molecular formula is C33H29N5O3. The van der Waals surface area contributed by atoms with Crippen molar-refractivity contribution in [3.05, 3.63) is 156 Å². The van der Waals surface area contributed by atoms with Crippen molar-refractivity contribution in [2.45, 2.75) is 25.7 Å². The lowest BCUT2D eigenvalue weighted by molar-refractivity contribution is 0.0518. The Labute approximate surface area is 237 Å². The Morgan fingerprint density at radius 2 is 1.41 bits per heavy atom. The van der Waals surface area contributed by atoms with Gasteiger partial charge in [0.05, 0.1) is 19.4 Å². The van der Waals surface area contributed by atoms with Gasteiger partial charge in [-0.15, -0.1) is 0 Å². The number of fused-ring (bicyclic) bond motifs is 1. The lowest BCUT2D eigenvalue weighted by atomic mass is 9.77. The van der Waals surface area contributed by atoms with E-state index in [4.69, 9.17) is 14.6 Å². The van der Waals surface area contributed by atoms with Crippen LogP contribution in [-0.4, -0.2) is 36.7 Å². The monoisotopic (exact) mass is 543 g/mol. The van der Waals surface area contributed by atoms with E-state index in [1.165, 1.54) is 6.20 Å². The fraction of sp³-hybridized carbons (Fsp3) is 0.152. The minimum Gasteiger partial charge on any atom is -0.461 e. The van der Waals surface area contributed by atoms with E-state index in [0.717, 1.165) is 22.3 Å². The van der Waals surface area contributed by atoms with Crippen molar-refractivity contribution in [2.24, 2.45) is 0 Å². The summed E-state index contributed by atoms with van der Waals surface area (Å²) in [6.07, 6.45) is 5.10. The van der Waals surface area contributed by atoms with Crippen molar-refractivity contribution >= 4 is 11.6 Å². The Morgan fingerprint density at radius 3 is 2.00 bits per heavy atom. The van der Waals surface area contributed by atoms with E-state index in [9.17, 15) is 4.79 Å². The van der Waals surface area contributed by atoms with Gasteiger partial charge in [0.1, 0.15) is 24.1 Å². The smallest absolute Gasteiger partial charge is 0.356 e. The number of esters is 1. The molecular weight excluding hydrogens is 514 g/mol. The van der Waals surface area contributed by atoms with Crippen LogP contribution in [0.25, 0.3) is 5.65 Å². The molecule has 3 aromatic carbocycles. The summed E-state index contributed by atoms with van der Waals surface area (Å²) in [6, 6.07) is 34.8. The van der Waals surface area contributed by atoms with Crippen LogP contribution in [0.3, 0.4) is 0 Å². The highest BCUT2D eigenvalue weighted by atomic mass is 16.5. The molecule has 3 heterocycles. The number of benzene rings is 3. The first-order chi connectivity index (χ1) is 20.2. The summed E-state index contributed by atoms with van der Waals surface area (Å²) < 4.78 is 14.8. The van der Waals surface area contributed by atoms with Crippen molar-refractivity contribution in [1.82, 2.24) is 24.1 Å². The van der Waals surface area contributed by atoms with Crippen molar-refractivity contribution in [3.8, 4) is 0 Å². The third-order valence-electron chi connectivity index (χ3n) is 7.02. The van der Waals surface area contributed by atoms with Crippen LogP contribution in [0.4, 0.5) is 0 Å². The van der Waals surface area contributed by atoms with Crippen LogP contribution >= 0.6 is 0 Å². The number of ether oxygens (including phenoxy) is 2. The standard InChI is InChI=1S/C33H29N5O3/c1-2-41-32(39)29-21-34-31-20-25(18-19-37(29)31)22-40-23-30-35-24-38(36-30)33(26-12-6-3-7-13-26,27-14-8-4-9-15-27)28-16-10-5-11-17-28/h3-21,24H,2,22-23H2,1H3. The molecule has 204 valence electrons. The van der Waals surface area contributed by atoms with E-state index < -0.39 is 11.5 Å². The van der Waals surface area contributed by atoms with E-state index in [2.05, 4.69) is 46.4 Å². The number of pyridine rings is 1. The Morgan fingerprint density at radius 1 is 0.805 bits per heavy atom. The third kappa shape index (κ3) is 5.01. The fourth-order valence-corrected chi connectivity index (χ4v) is 5.19. The maximum atomic E-state index is 12.2. The molecule has 0 saturated heterocycles. The summed E-state index contributed by atoms with van der Waals surface area (Å²) in [5.41, 5.74) is 4.46. The van der Waals surface area contributed by atoms with Crippen LogP contribution in [0.1, 0.15) is 45.5 Å². The van der Waals surface area contributed by atoms with Gasteiger partial charge in [0, 0.05) is 6.20 Å². The van der Waals surface area contributed by atoms with Crippen molar-refractivity contribution in [2.75, 3.05) is 6.61 Å². The molecule has 0 amide bonds. The van der Waals surface area contributed by atoms with Crippen molar-refractivity contribution in [1.29, 1.82) is 0 Å². The normalized spacial score (nSPS) is 11.5. The largest absolute Gasteiger partial charge is 0.461 e. The van der Waals surface area contributed by atoms with Gasteiger partial charge in [-0.25, -0.2) is 19.4 Å². The molecule has 0 aliphatic carbocycles. The van der Waals surface area contributed by atoms with Gasteiger partial charge >= 0.3 is 5.97 Å². The topological polar surface area (TPSA) is 83.5 Å². The molecule has 0 N–H and O–H groups in total. The lowest BCUT2D eigenvalue weighted by Gasteiger charge is -2.35. The Balaban J connectivity index is 1.27. The van der Waals surface area contributed by atoms with Crippen molar-refractivity contribution in [3.63, 3.8) is 0 Å². The number of imidazole rings is 1. The number of hydrogen-bond donors (Lipinski definition) is 0. The average molecular weight is 544 g/mol. The van der Waals surface area contributed by atoms with Crippen LogP contribution < -0.4 is 0 Å². The molecule has 6 rings (SSSR count). The van der Waals surface area contributed by atoms with Gasteiger partial charge in [-0.05, 0) is 41.3 Å². The van der Waals surface area contributed by atoms with Crippen LogP contribution in [0, 0.1) is 0 Å². The number of carbonyl (C=O) groups excluding carboxylic acids is 1. The molecule has 0 radical (unpaired) electrons. The SMILES string of the molecule is CCOC(=O)c1cnc2cc(COCc3ncn(C(c4ccccc4)(c4ccccc4)c4ccccc4)n3)ccn12. The van der Waals surface area contributed by atoms with Gasteiger partial charge in [-0.1, -0.05) is 91.0 Å². The van der Waals surface area contributed by atoms with Gasteiger partial charge in [0.25, 0.3) is 0 Å². The van der Waals surface area contributed by atoms with Crippen LogP contribution in [0.15, 0.2) is 122 Å². The highest BCUT2D eigenvalue weighted by Gasteiger charge is 2.39. The molecule has 0 spiro atoms. The van der Waals surface area contributed by atoms with E-state index in [1.54, 1.807) is 23.8 Å². The molecule has 0 aliphatic heterocycles. The van der Waals surface area contributed by atoms with Gasteiger partial charge < -0.3 is 9.47 Å². The summed E-state index contributed by atoms with van der Waals surface area (Å²) in [4.78, 5) is 21.1. The van der Waals surface area contributed by atoms with Gasteiger partial charge in [0.2, 0.25) is 0 Å². The van der Waals surface area contributed by atoms with Gasteiger partial charge in [-0.2, -0.15) is 5.10 Å². The zero-order valence-corrected chi connectivity index (χ0v) is 22.6. The molecule has 0 fully saturated rings. The maximum absolute atomic E-state index is 12.2. The molecule has 0 bridgehead atoms. The van der Waals surface area contributed by atoms with Crippen molar-refractivity contribution < 1.29 is 14.3 Å². The summed E-state index contributed by atoms with van der Waals surface area (Å²) in [5, 5.41) is 4.95. The highest BCUT2D eigenvalue weighted by molar-refractivity contribution is 5.88. The summed E-state index contributed by atoms with van der Waals surface area (Å²) in [7, 11) is 0. The maximum Gasteiger partial charge on any atom is 0.356 e. The first-order valence-electron chi connectivity index (χ1n) is 13.5. The van der Waals surface area contributed by atoms with Gasteiger partial charge in [-0.3, -0.25) is 4.40 Å². The number of rotatable bonds is 10. The summed E-state index contributed by atoms with van der Waals surface area (Å²) in [6.45, 7) is 2.66. The number of aromatic nitrogens is 5. The number of carbonyl (C=O) groups is 1. The molecule has 0 saturated carbocycles. The zero-order valence-electron chi connectivity index (χ0n) is 22.6. The predicted octanol–water partition coefficient (Wildman–Crippen LogP) is 5.66. The first kappa shape index (κ1) is 26.2. The minimum absolute atomic E-state index is 0.231. The first-order valence-corrected chi connectivity index (χ1v) is 13.5. The Bertz CT molecular complexity index is 1650. The van der Waals surface area contributed by atoms with E-state index in [0.29, 0.717) is 30.4 Å². The Kier molecular flexibility index (Phi) is 7.38. The minimum atomic E-state index is -0.725. The fourth-order valence-electron chi connectivity index (χ4n) is 5.19. The Hall–Kier alpha value is -5.08. The highest BCUT2D eigenvalue weighted by Crippen LogP contribution is 2.40. The molecule has 0 atom stereocenters. The van der Waals surface area contributed by atoms with E-state index >= 15 is 0 Å². The number of hydrogen-bond acceptors (Lipinski definition) is 6. The molecule has 0 unspecified atom stereocenters. The number of nitrogens with zero attached hydrogens (tertiary/aromatic N) is 5. The second kappa shape index (κ2) is 11.6. The third-order valence-corrected chi connectivity index (χ3v) is 7.02. The van der Waals surface area contributed by atoms with Crippen LogP contribution in [0.2, 0.25) is 0 Å². The van der Waals surface area contributed by atoms with E-state index in [-0.39, 0.29) is 6.61 Å². The van der Waals surface area contributed by atoms with Crippen LogP contribution in [0.5, 0.6) is 0 Å². The second-order valence-corrected chi connectivity index (χ2v) is 9.53. The molecule has 41 heavy (non-hydrogen) atoms. The summed E-state index contributed by atoms with van der Waals surface area (Å²) in [5.74, 6) is 0.173. The quantitative estimate of drug-likeness (QED) is 0.164. The molecule has 8 nitrogen and oxygen atoms in total. The summed E-state index contributed by atoms with van der Waals surface area (Å²) >= 11 is 0. The van der Waals surface area contributed by atoms with E-state index in [1.807, 2.05) is 71.4 Å². The second-order valence-electron chi connectivity index (χ2n) is 9.53. The lowest BCUT2D eigenvalue weighted by Crippen LogP contribution is -2.38.